The van der Waals surface area contributed by atoms with Gasteiger partial charge in [-0.15, -0.1) is 0 Å². The molecule has 6 heteroatoms. The molecule has 0 spiro atoms. The molecule has 102 valence electrons. The molecule has 0 aliphatic rings. The van der Waals surface area contributed by atoms with Gasteiger partial charge in [0.2, 0.25) is 5.91 Å². The Bertz CT molecular complexity index is 335. The molecule has 0 bridgehead atoms. The van der Waals surface area contributed by atoms with Crippen LogP contribution < -0.4 is 5.32 Å². The van der Waals surface area contributed by atoms with Crippen molar-refractivity contribution in [2.45, 2.75) is 33.2 Å². The zero-order valence-electron chi connectivity index (χ0n) is 10.8. The van der Waals surface area contributed by atoms with E-state index in [0.29, 0.717) is 0 Å². The molecule has 0 rings (SSSR count). The largest absolute Gasteiger partial charge is 0.480 e. The van der Waals surface area contributed by atoms with Crippen molar-refractivity contribution in [3.8, 4) is 0 Å². The first-order valence-electron chi connectivity index (χ1n) is 5.75. The van der Waals surface area contributed by atoms with Gasteiger partial charge in [-0.2, -0.15) is 0 Å². The lowest BCUT2D eigenvalue weighted by Gasteiger charge is -2.14. The van der Waals surface area contributed by atoms with E-state index >= 15 is 0 Å². The Hall–Kier alpha value is -1.85. The van der Waals surface area contributed by atoms with Gasteiger partial charge in [-0.1, -0.05) is 19.9 Å². The highest BCUT2D eigenvalue weighted by atomic mass is 16.5. The van der Waals surface area contributed by atoms with Gasteiger partial charge in [-0.25, -0.2) is 9.59 Å². The Kier molecular flexibility index (Phi) is 7.42. The molecule has 0 saturated heterocycles. The SMILES string of the molecule is CCOC(=O)/C=C/C[C@H](NC(=O)C(C)C)C(=O)O. The molecule has 0 heterocycles. The smallest absolute Gasteiger partial charge is 0.330 e. The van der Waals surface area contributed by atoms with Crippen LogP contribution >= 0.6 is 0 Å². The molecule has 18 heavy (non-hydrogen) atoms. The first-order chi connectivity index (χ1) is 8.38. The van der Waals surface area contributed by atoms with Crippen LogP contribution in [-0.4, -0.2) is 35.6 Å². The van der Waals surface area contributed by atoms with Crippen molar-refractivity contribution in [1.82, 2.24) is 5.32 Å². The Balaban J connectivity index is 4.34. The number of carboxylic acid groups (broad SMARTS) is 1. The van der Waals surface area contributed by atoms with E-state index in [9.17, 15) is 14.4 Å². The maximum atomic E-state index is 11.4. The zero-order chi connectivity index (χ0) is 14.1. The van der Waals surface area contributed by atoms with Crippen molar-refractivity contribution in [3.05, 3.63) is 12.2 Å². The van der Waals surface area contributed by atoms with Gasteiger partial charge < -0.3 is 15.2 Å². The Morgan fingerprint density at radius 1 is 1.33 bits per heavy atom. The third-order valence-electron chi connectivity index (χ3n) is 2.05. The van der Waals surface area contributed by atoms with Crippen LogP contribution in [-0.2, 0) is 19.1 Å². The quantitative estimate of drug-likeness (QED) is 0.518. The highest BCUT2D eigenvalue weighted by Gasteiger charge is 2.19. The van der Waals surface area contributed by atoms with Gasteiger partial charge in [-0.3, -0.25) is 4.79 Å². The van der Waals surface area contributed by atoms with Crippen LogP contribution in [0.4, 0.5) is 0 Å². The van der Waals surface area contributed by atoms with Gasteiger partial charge in [0.05, 0.1) is 6.61 Å². The number of carbonyl (C=O) groups excluding carboxylic acids is 2. The molecule has 1 atom stereocenters. The van der Waals surface area contributed by atoms with E-state index in [1.165, 1.54) is 6.08 Å². The number of hydrogen-bond acceptors (Lipinski definition) is 4. The second-order valence-corrected chi connectivity index (χ2v) is 3.94. The minimum Gasteiger partial charge on any atom is -0.480 e. The highest BCUT2D eigenvalue weighted by molar-refractivity contribution is 5.85. The Morgan fingerprint density at radius 3 is 2.39 bits per heavy atom. The molecular weight excluding hydrogens is 238 g/mol. The molecule has 0 unspecified atom stereocenters. The predicted molar refractivity (Wildman–Crippen MR) is 64.8 cm³/mol. The second-order valence-electron chi connectivity index (χ2n) is 3.94. The molecule has 0 aliphatic carbocycles. The fraction of sp³-hybridized carbons (Fsp3) is 0.583. The van der Waals surface area contributed by atoms with Gasteiger partial charge in [0.15, 0.2) is 0 Å². The fourth-order valence-corrected chi connectivity index (χ4v) is 1.05. The lowest BCUT2D eigenvalue weighted by Crippen LogP contribution is -2.42. The lowest BCUT2D eigenvalue weighted by molar-refractivity contribution is -0.142. The number of hydrogen-bond donors (Lipinski definition) is 2. The van der Waals surface area contributed by atoms with Gasteiger partial charge >= 0.3 is 11.9 Å². The van der Waals surface area contributed by atoms with Crippen molar-refractivity contribution >= 4 is 17.8 Å². The van der Waals surface area contributed by atoms with Gasteiger partial charge in [-0.05, 0) is 13.3 Å². The number of esters is 1. The Labute approximate surface area is 106 Å². The normalized spacial score (nSPS) is 12.4. The maximum absolute atomic E-state index is 11.4. The van der Waals surface area contributed by atoms with Crippen molar-refractivity contribution in [2.24, 2.45) is 5.92 Å². The summed E-state index contributed by atoms with van der Waals surface area (Å²) in [4.78, 5) is 33.2. The van der Waals surface area contributed by atoms with Gasteiger partial charge in [0.25, 0.3) is 0 Å². The van der Waals surface area contributed by atoms with Crippen LogP contribution in [0.3, 0.4) is 0 Å². The van der Waals surface area contributed by atoms with Crippen molar-refractivity contribution in [2.75, 3.05) is 6.61 Å². The third kappa shape index (κ3) is 6.67. The number of carboxylic acids is 1. The summed E-state index contributed by atoms with van der Waals surface area (Å²) >= 11 is 0. The van der Waals surface area contributed by atoms with Crippen LogP contribution in [0.25, 0.3) is 0 Å². The van der Waals surface area contributed by atoms with Crippen LogP contribution in [0.2, 0.25) is 0 Å². The number of carbonyl (C=O) groups is 3. The molecule has 6 nitrogen and oxygen atoms in total. The summed E-state index contributed by atoms with van der Waals surface area (Å²) in [5, 5.41) is 11.3. The molecule has 2 N–H and O–H groups in total. The summed E-state index contributed by atoms with van der Waals surface area (Å²) in [5.41, 5.74) is 0. The molecular formula is C12H19NO5. The summed E-state index contributed by atoms with van der Waals surface area (Å²) in [6, 6.07) is -1.04. The summed E-state index contributed by atoms with van der Waals surface area (Å²) in [6.07, 6.45) is 2.56. The summed E-state index contributed by atoms with van der Waals surface area (Å²) in [7, 11) is 0. The van der Waals surface area contributed by atoms with Crippen LogP contribution in [0.5, 0.6) is 0 Å². The molecule has 0 radical (unpaired) electrons. The monoisotopic (exact) mass is 257 g/mol. The number of aliphatic carboxylic acids is 1. The molecule has 1 amide bonds. The maximum Gasteiger partial charge on any atom is 0.330 e. The highest BCUT2D eigenvalue weighted by Crippen LogP contribution is 1.99. The van der Waals surface area contributed by atoms with Crippen molar-refractivity contribution < 1.29 is 24.2 Å². The number of nitrogens with one attached hydrogen (secondary N) is 1. The third-order valence-corrected chi connectivity index (χ3v) is 2.05. The van der Waals surface area contributed by atoms with E-state index in [4.69, 9.17) is 5.11 Å². The lowest BCUT2D eigenvalue weighted by atomic mass is 10.1. The number of rotatable bonds is 7. The van der Waals surface area contributed by atoms with Gasteiger partial charge in [0, 0.05) is 12.0 Å². The molecule has 0 aromatic heterocycles. The van der Waals surface area contributed by atoms with E-state index < -0.39 is 18.0 Å². The van der Waals surface area contributed by atoms with Crippen LogP contribution in [0.15, 0.2) is 12.2 Å². The molecule has 0 fully saturated rings. The minimum atomic E-state index is -1.14. The van der Waals surface area contributed by atoms with E-state index in [1.54, 1.807) is 20.8 Å². The van der Waals surface area contributed by atoms with Gasteiger partial charge in [0.1, 0.15) is 6.04 Å². The first kappa shape index (κ1) is 16.1. The topological polar surface area (TPSA) is 92.7 Å². The fourth-order valence-electron chi connectivity index (χ4n) is 1.05. The van der Waals surface area contributed by atoms with Crippen molar-refractivity contribution in [3.63, 3.8) is 0 Å². The standard InChI is InChI=1S/C12H19NO5/c1-4-18-10(14)7-5-6-9(12(16)17)13-11(15)8(2)3/h5,7-9H,4,6H2,1-3H3,(H,13,15)(H,16,17)/b7-5+/t9-/m0/s1. The molecule has 0 saturated carbocycles. The first-order valence-corrected chi connectivity index (χ1v) is 5.75. The minimum absolute atomic E-state index is 0.0343. The summed E-state index contributed by atoms with van der Waals surface area (Å²) < 4.78 is 4.64. The zero-order valence-corrected chi connectivity index (χ0v) is 10.8. The second kappa shape index (κ2) is 8.27. The summed E-state index contributed by atoms with van der Waals surface area (Å²) in [6.45, 7) is 5.27. The van der Waals surface area contributed by atoms with E-state index in [-0.39, 0.29) is 24.9 Å². The summed E-state index contributed by atoms with van der Waals surface area (Å²) in [5.74, 6) is -2.30. The van der Waals surface area contributed by atoms with Crippen LogP contribution in [0, 0.1) is 5.92 Å². The molecule has 0 aromatic carbocycles. The van der Waals surface area contributed by atoms with E-state index in [2.05, 4.69) is 10.1 Å². The average Bonchev–Trinajstić information content (AvgIpc) is 2.27. The average molecular weight is 257 g/mol. The van der Waals surface area contributed by atoms with Crippen LogP contribution in [0.1, 0.15) is 27.2 Å². The molecule has 0 aromatic rings. The Morgan fingerprint density at radius 2 is 1.94 bits per heavy atom. The predicted octanol–water partition coefficient (Wildman–Crippen LogP) is 0.721. The van der Waals surface area contributed by atoms with E-state index in [1.807, 2.05) is 0 Å². The van der Waals surface area contributed by atoms with Crippen molar-refractivity contribution in [1.29, 1.82) is 0 Å². The van der Waals surface area contributed by atoms with E-state index in [0.717, 1.165) is 6.08 Å². The molecule has 0 aliphatic heterocycles. The number of ether oxygens (including phenoxy) is 1. The number of amides is 1.